The minimum Gasteiger partial charge on any atom is -0.481 e. The van der Waals surface area contributed by atoms with Gasteiger partial charge in [0.25, 0.3) is 0 Å². The van der Waals surface area contributed by atoms with Crippen molar-refractivity contribution >= 4 is 17.5 Å². The van der Waals surface area contributed by atoms with E-state index in [1.807, 2.05) is 0 Å². The molecule has 1 fully saturated rings. The molecule has 2 atom stereocenters. The molecule has 3 rings (SSSR count). The Labute approximate surface area is 192 Å². The van der Waals surface area contributed by atoms with Crippen LogP contribution in [0.3, 0.4) is 0 Å². The molecule has 4 nitrogen and oxygen atoms in total. The first kappa shape index (κ1) is 25.8. The smallest absolute Gasteiger partial charge is 0.416 e. The summed E-state index contributed by atoms with van der Waals surface area (Å²) in [7, 11) is 0. The molecule has 2 aliphatic rings. The number of alkyl halides is 6. The predicted molar refractivity (Wildman–Crippen MR) is 111 cm³/mol. The summed E-state index contributed by atoms with van der Waals surface area (Å²) < 4.78 is 80.7. The fourth-order valence-corrected chi connectivity index (χ4v) is 5.41. The van der Waals surface area contributed by atoms with E-state index in [9.17, 15) is 46.1 Å². The lowest BCUT2D eigenvalue weighted by molar-refractivity contribution is -0.153. The Bertz CT molecular complexity index is 1030. The van der Waals surface area contributed by atoms with Crippen molar-refractivity contribution in [1.82, 2.24) is 0 Å². The summed E-state index contributed by atoms with van der Waals surface area (Å²) in [6, 6.07) is 0.999. The lowest BCUT2D eigenvalue weighted by Crippen LogP contribution is -2.47. The van der Waals surface area contributed by atoms with Crippen LogP contribution in [0.5, 0.6) is 0 Å². The SMILES string of the molecule is CC1=C(C(=O)O)C(C)C(C(=O)O)(C2CCCCC2)C=C1c1cc(C(F)(F)F)cc(C(F)(F)F)c1. The molecule has 34 heavy (non-hydrogen) atoms. The van der Waals surface area contributed by atoms with Crippen molar-refractivity contribution in [1.29, 1.82) is 0 Å². The Morgan fingerprint density at radius 3 is 1.82 bits per heavy atom. The van der Waals surface area contributed by atoms with Gasteiger partial charge in [0.2, 0.25) is 0 Å². The zero-order chi connectivity index (χ0) is 25.6. The Morgan fingerprint density at radius 1 is 0.912 bits per heavy atom. The van der Waals surface area contributed by atoms with Crippen LogP contribution in [-0.4, -0.2) is 22.2 Å². The second-order valence-corrected chi connectivity index (χ2v) is 8.99. The van der Waals surface area contributed by atoms with Gasteiger partial charge < -0.3 is 10.2 Å². The highest BCUT2D eigenvalue weighted by molar-refractivity contribution is 5.99. The van der Waals surface area contributed by atoms with Crippen molar-refractivity contribution in [2.24, 2.45) is 17.3 Å². The number of allylic oxidation sites excluding steroid dienone is 2. The molecule has 0 bridgehead atoms. The molecule has 10 heteroatoms. The summed E-state index contributed by atoms with van der Waals surface area (Å²) in [4.78, 5) is 24.8. The molecule has 0 radical (unpaired) electrons. The van der Waals surface area contributed by atoms with Crippen molar-refractivity contribution in [2.45, 2.75) is 58.3 Å². The van der Waals surface area contributed by atoms with Gasteiger partial charge in [-0.05, 0) is 60.6 Å². The highest BCUT2D eigenvalue weighted by atomic mass is 19.4. The number of rotatable bonds is 4. The molecule has 0 amide bonds. The number of carboxylic acids is 2. The highest BCUT2D eigenvalue weighted by Crippen LogP contribution is 2.54. The van der Waals surface area contributed by atoms with Gasteiger partial charge in [-0.15, -0.1) is 0 Å². The van der Waals surface area contributed by atoms with E-state index in [-0.39, 0.29) is 22.8 Å². The molecule has 0 spiro atoms. The molecule has 0 aliphatic heterocycles. The summed E-state index contributed by atoms with van der Waals surface area (Å²) in [5.74, 6) is -4.36. The maximum Gasteiger partial charge on any atom is 0.416 e. The zero-order valence-corrected chi connectivity index (χ0v) is 18.5. The highest BCUT2D eigenvalue weighted by Gasteiger charge is 2.53. The number of aliphatic carboxylic acids is 2. The number of carboxylic acid groups (broad SMARTS) is 2. The second kappa shape index (κ2) is 8.78. The van der Waals surface area contributed by atoms with E-state index in [1.54, 1.807) is 0 Å². The van der Waals surface area contributed by atoms with E-state index in [0.717, 1.165) is 6.42 Å². The van der Waals surface area contributed by atoms with E-state index < -0.39 is 58.2 Å². The van der Waals surface area contributed by atoms with Gasteiger partial charge >= 0.3 is 24.3 Å². The lowest BCUT2D eigenvalue weighted by Gasteiger charge is -2.45. The summed E-state index contributed by atoms with van der Waals surface area (Å²) in [6.07, 6.45) is -5.82. The maximum atomic E-state index is 13.5. The van der Waals surface area contributed by atoms with Crippen LogP contribution in [0.25, 0.3) is 5.57 Å². The van der Waals surface area contributed by atoms with Gasteiger partial charge in [0.15, 0.2) is 0 Å². The third-order valence-electron chi connectivity index (χ3n) is 7.12. The molecule has 186 valence electrons. The van der Waals surface area contributed by atoms with E-state index in [4.69, 9.17) is 0 Å². The molecular weight excluding hydrogens is 466 g/mol. The number of halogens is 6. The van der Waals surface area contributed by atoms with Crippen molar-refractivity contribution in [2.75, 3.05) is 0 Å². The molecule has 2 aliphatic carbocycles. The van der Waals surface area contributed by atoms with Crippen LogP contribution in [0.2, 0.25) is 0 Å². The lowest BCUT2D eigenvalue weighted by atomic mass is 9.57. The van der Waals surface area contributed by atoms with E-state index in [1.165, 1.54) is 19.9 Å². The van der Waals surface area contributed by atoms with E-state index in [2.05, 4.69) is 0 Å². The quantitative estimate of drug-likeness (QED) is 0.455. The standard InChI is InChI=1S/C24H24F6O4/c1-12-18(14-8-16(23(25,26)27)10-17(9-14)24(28,29)30)11-22(21(33)34,13(2)19(12)20(31)32)15-6-4-3-5-7-15/h8-11,13,15H,3-7H2,1-2H3,(H,31,32)(H,33,34). The second-order valence-electron chi connectivity index (χ2n) is 8.99. The van der Waals surface area contributed by atoms with Crippen LogP contribution in [-0.2, 0) is 21.9 Å². The Morgan fingerprint density at radius 2 is 1.41 bits per heavy atom. The van der Waals surface area contributed by atoms with Crippen LogP contribution < -0.4 is 0 Å². The zero-order valence-electron chi connectivity index (χ0n) is 18.5. The predicted octanol–water partition coefficient (Wildman–Crippen LogP) is 6.81. The number of hydrogen-bond acceptors (Lipinski definition) is 2. The minimum absolute atomic E-state index is 0.0156. The van der Waals surface area contributed by atoms with Crippen molar-refractivity contribution < 1.29 is 46.1 Å². The van der Waals surface area contributed by atoms with Crippen molar-refractivity contribution in [3.8, 4) is 0 Å². The topological polar surface area (TPSA) is 74.6 Å². The Balaban J connectivity index is 2.37. The summed E-state index contributed by atoms with van der Waals surface area (Å²) in [5.41, 5.74) is -6.03. The van der Waals surface area contributed by atoms with Gasteiger partial charge in [0.05, 0.1) is 16.5 Å². The molecular formula is C24H24F6O4. The first-order valence-electron chi connectivity index (χ1n) is 10.8. The molecule has 0 saturated heterocycles. The van der Waals surface area contributed by atoms with Crippen LogP contribution >= 0.6 is 0 Å². The first-order chi connectivity index (χ1) is 15.6. The third-order valence-corrected chi connectivity index (χ3v) is 7.12. The van der Waals surface area contributed by atoms with Gasteiger partial charge in [-0.2, -0.15) is 26.3 Å². The normalized spacial score (nSPS) is 24.7. The van der Waals surface area contributed by atoms with Crippen LogP contribution in [0.4, 0.5) is 26.3 Å². The minimum atomic E-state index is -5.10. The van der Waals surface area contributed by atoms with Gasteiger partial charge in [0, 0.05) is 11.5 Å². The molecule has 1 aromatic rings. The maximum absolute atomic E-state index is 13.5. The fourth-order valence-electron chi connectivity index (χ4n) is 5.41. The largest absolute Gasteiger partial charge is 0.481 e. The molecule has 0 heterocycles. The molecule has 2 unspecified atom stereocenters. The Hall–Kier alpha value is -2.78. The van der Waals surface area contributed by atoms with Gasteiger partial charge in [0.1, 0.15) is 0 Å². The summed E-state index contributed by atoms with van der Waals surface area (Å²) >= 11 is 0. The van der Waals surface area contributed by atoms with Gasteiger partial charge in [-0.25, -0.2) is 4.79 Å². The van der Waals surface area contributed by atoms with E-state index >= 15 is 0 Å². The summed E-state index contributed by atoms with van der Waals surface area (Å²) in [6.45, 7) is 2.72. The number of carbonyl (C=O) groups is 2. The monoisotopic (exact) mass is 490 g/mol. The van der Waals surface area contributed by atoms with Crippen LogP contribution in [0, 0.1) is 17.3 Å². The van der Waals surface area contributed by atoms with Crippen LogP contribution in [0.15, 0.2) is 35.4 Å². The molecule has 1 aromatic carbocycles. The van der Waals surface area contributed by atoms with Gasteiger partial charge in [-0.3, -0.25) is 4.79 Å². The third kappa shape index (κ3) is 4.46. The van der Waals surface area contributed by atoms with E-state index in [0.29, 0.717) is 37.8 Å². The average Bonchev–Trinajstić information content (AvgIpc) is 2.72. The molecule has 1 saturated carbocycles. The van der Waals surface area contributed by atoms with Crippen molar-refractivity contribution in [3.05, 3.63) is 52.1 Å². The first-order valence-corrected chi connectivity index (χ1v) is 10.8. The van der Waals surface area contributed by atoms with Crippen molar-refractivity contribution in [3.63, 3.8) is 0 Å². The Kier molecular flexibility index (Phi) is 6.67. The molecule has 0 aromatic heterocycles. The fraction of sp³-hybridized carbons (Fsp3) is 0.500. The summed E-state index contributed by atoms with van der Waals surface area (Å²) in [5, 5.41) is 20.2. The van der Waals surface area contributed by atoms with Gasteiger partial charge in [-0.1, -0.05) is 32.3 Å². The number of benzene rings is 1. The average molecular weight is 490 g/mol. The van der Waals surface area contributed by atoms with Crippen LogP contribution in [0.1, 0.15) is 62.6 Å². The molecule has 2 N–H and O–H groups in total. The number of hydrogen-bond donors (Lipinski definition) is 2.